The number of hydrogen-bond donors (Lipinski definition) is 1. The first kappa shape index (κ1) is 11.4. The maximum atomic E-state index is 5.92. The number of nitrogens with two attached hydrogens (primary N) is 1. The molecule has 0 saturated carbocycles. The van der Waals surface area contributed by atoms with Gasteiger partial charge in [0.05, 0.1) is 5.69 Å². The molecule has 0 heterocycles. The average molecular weight is 224 g/mol. The van der Waals surface area contributed by atoms with Gasteiger partial charge in [0, 0.05) is 17.5 Å². The molecule has 0 amide bonds. The van der Waals surface area contributed by atoms with E-state index in [2.05, 4.69) is 11.9 Å². The molecule has 0 saturated heterocycles. The smallest absolute Gasteiger partial charge is 0.0630 e. The summed E-state index contributed by atoms with van der Waals surface area (Å²) in [5, 5.41) is 0. The molecule has 0 spiro atoms. The van der Waals surface area contributed by atoms with Crippen molar-refractivity contribution in [2.24, 2.45) is 4.99 Å². The zero-order valence-electron chi connectivity index (χ0n) is 10.1. The second kappa shape index (κ2) is 4.83. The highest BCUT2D eigenvalue weighted by Gasteiger charge is 1.98. The second-order valence-electron chi connectivity index (χ2n) is 4.17. The van der Waals surface area contributed by atoms with Crippen LogP contribution in [0, 0.1) is 13.8 Å². The fourth-order valence-corrected chi connectivity index (χ4v) is 1.65. The maximum Gasteiger partial charge on any atom is 0.0630 e. The van der Waals surface area contributed by atoms with Crippen LogP contribution in [0.1, 0.15) is 16.7 Å². The Morgan fingerprint density at radius 2 is 1.71 bits per heavy atom. The summed E-state index contributed by atoms with van der Waals surface area (Å²) in [6, 6.07) is 14.0. The molecule has 0 aliphatic rings. The number of anilines is 1. The van der Waals surface area contributed by atoms with Crippen molar-refractivity contribution in [3.8, 4) is 0 Å². The lowest BCUT2D eigenvalue weighted by Gasteiger charge is -2.03. The molecule has 2 N–H and O–H groups in total. The van der Waals surface area contributed by atoms with Crippen LogP contribution in [0.15, 0.2) is 47.5 Å². The molecule has 86 valence electrons. The summed E-state index contributed by atoms with van der Waals surface area (Å²) in [6.45, 7) is 4.10. The number of aliphatic imine (C=N–C) groups is 1. The van der Waals surface area contributed by atoms with Crippen LogP contribution in [0.4, 0.5) is 11.4 Å². The molecule has 0 radical (unpaired) electrons. The third-order valence-electron chi connectivity index (χ3n) is 2.73. The lowest BCUT2D eigenvalue weighted by molar-refractivity contribution is 1.42. The van der Waals surface area contributed by atoms with Gasteiger partial charge in [-0.05, 0) is 37.6 Å². The van der Waals surface area contributed by atoms with Gasteiger partial charge >= 0.3 is 0 Å². The minimum absolute atomic E-state index is 0.765. The van der Waals surface area contributed by atoms with Gasteiger partial charge in [-0.3, -0.25) is 4.99 Å². The summed E-state index contributed by atoms with van der Waals surface area (Å²) in [4.78, 5) is 4.43. The Kier molecular flexibility index (Phi) is 3.24. The predicted octanol–water partition coefficient (Wildman–Crippen LogP) is 3.64. The van der Waals surface area contributed by atoms with E-state index in [0.29, 0.717) is 0 Å². The standard InChI is InChI=1S/C15H16N2/c1-11-6-8-13(9-7-11)17-10-14-12(2)4-3-5-15(14)16/h3-10H,16H2,1-2H3. The van der Waals surface area contributed by atoms with E-state index in [0.717, 1.165) is 22.5 Å². The fourth-order valence-electron chi connectivity index (χ4n) is 1.65. The Hall–Kier alpha value is -2.09. The summed E-state index contributed by atoms with van der Waals surface area (Å²) in [6.07, 6.45) is 1.83. The molecule has 0 bridgehead atoms. The van der Waals surface area contributed by atoms with E-state index < -0.39 is 0 Å². The molecule has 17 heavy (non-hydrogen) atoms. The van der Waals surface area contributed by atoms with E-state index >= 15 is 0 Å². The number of aryl methyl sites for hydroxylation is 2. The summed E-state index contributed by atoms with van der Waals surface area (Å²) >= 11 is 0. The molecule has 2 nitrogen and oxygen atoms in total. The van der Waals surface area contributed by atoms with Crippen molar-refractivity contribution in [3.05, 3.63) is 59.2 Å². The molecule has 2 aromatic carbocycles. The molecule has 2 aromatic rings. The van der Waals surface area contributed by atoms with Crippen molar-refractivity contribution in [2.45, 2.75) is 13.8 Å². The van der Waals surface area contributed by atoms with Gasteiger partial charge < -0.3 is 5.73 Å². The summed E-state index contributed by atoms with van der Waals surface area (Å²) < 4.78 is 0. The molecule has 0 atom stereocenters. The third-order valence-corrected chi connectivity index (χ3v) is 2.73. The van der Waals surface area contributed by atoms with Crippen LogP contribution in [0.25, 0.3) is 0 Å². The average Bonchev–Trinajstić information content (AvgIpc) is 2.31. The highest BCUT2D eigenvalue weighted by Crippen LogP contribution is 2.17. The quantitative estimate of drug-likeness (QED) is 0.614. The van der Waals surface area contributed by atoms with Gasteiger partial charge in [0.25, 0.3) is 0 Å². The molecule has 2 rings (SSSR count). The zero-order chi connectivity index (χ0) is 12.3. The summed E-state index contributed by atoms with van der Waals surface area (Å²) in [5.41, 5.74) is 11.0. The molecular weight excluding hydrogens is 208 g/mol. The predicted molar refractivity (Wildman–Crippen MR) is 74.0 cm³/mol. The van der Waals surface area contributed by atoms with Crippen molar-refractivity contribution in [1.82, 2.24) is 0 Å². The van der Waals surface area contributed by atoms with Gasteiger partial charge in [-0.2, -0.15) is 0 Å². The van der Waals surface area contributed by atoms with Crippen LogP contribution >= 0.6 is 0 Å². The SMILES string of the molecule is Cc1ccc(N=Cc2c(C)cccc2N)cc1. The van der Waals surface area contributed by atoms with Crippen LogP contribution in [0.2, 0.25) is 0 Å². The Morgan fingerprint density at radius 3 is 2.35 bits per heavy atom. The molecule has 0 aromatic heterocycles. The van der Waals surface area contributed by atoms with Crippen LogP contribution in [0.5, 0.6) is 0 Å². The van der Waals surface area contributed by atoms with Gasteiger partial charge in [-0.1, -0.05) is 29.8 Å². The minimum atomic E-state index is 0.765. The first-order valence-corrected chi connectivity index (χ1v) is 5.62. The van der Waals surface area contributed by atoms with Crippen molar-refractivity contribution in [1.29, 1.82) is 0 Å². The van der Waals surface area contributed by atoms with Gasteiger partial charge in [0.1, 0.15) is 0 Å². The van der Waals surface area contributed by atoms with Gasteiger partial charge in [0.2, 0.25) is 0 Å². The molecule has 2 heteroatoms. The van der Waals surface area contributed by atoms with Crippen LogP contribution in [-0.4, -0.2) is 6.21 Å². The van der Waals surface area contributed by atoms with Gasteiger partial charge in [-0.25, -0.2) is 0 Å². The maximum absolute atomic E-state index is 5.92. The van der Waals surface area contributed by atoms with Crippen molar-refractivity contribution in [2.75, 3.05) is 5.73 Å². The van der Waals surface area contributed by atoms with E-state index in [1.165, 1.54) is 5.56 Å². The van der Waals surface area contributed by atoms with E-state index in [1.807, 2.05) is 55.6 Å². The molecule has 0 fully saturated rings. The van der Waals surface area contributed by atoms with E-state index in [1.54, 1.807) is 0 Å². The largest absolute Gasteiger partial charge is 0.398 e. The van der Waals surface area contributed by atoms with Crippen LogP contribution in [-0.2, 0) is 0 Å². The number of benzene rings is 2. The minimum Gasteiger partial charge on any atom is -0.398 e. The Bertz CT molecular complexity index is 519. The summed E-state index contributed by atoms with van der Waals surface area (Å²) in [5.74, 6) is 0. The fraction of sp³-hybridized carbons (Fsp3) is 0.133. The highest BCUT2D eigenvalue weighted by molar-refractivity contribution is 5.90. The molecular formula is C15H16N2. The normalized spacial score (nSPS) is 10.9. The van der Waals surface area contributed by atoms with Crippen LogP contribution in [0.3, 0.4) is 0 Å². The zero-order valence-corrected chi connectivity index (χ0v) is 10.1. The molecule has 0 aliphatic carbocycles. The van der Waals surface area contributed by atoms with Crippen molar-refractivity contribution < 1.29 is 0 Å². The highest BCUT2D eigenvalue weighted by atomic mass is 14.7. The van der Waals surface area contributed by atoms with Gasteiger partial charge in [0.15, 0.2) is 0 Å². The van der Waals surface area contributed by atoms with Crippen molar-refractivity contribution >= 4 is 17.6 Å². The third kappa shape index (κ3) is 2.72. The second-order valence-corrected chi connectivity index (χ2v) is 4.17. The van der Waals surface area contributed by atoms with E-state index in [9.17, 15) is 0 Å². The first-order chi connectivity index (χ1) is 8.16. The lowest BCUT2D eigenvalue weighted by Crippen LogP contribution is -1.95. The van der Waals surface area contributed by atoms with E-state index in [4.69, 9.17) is 5.73 Å². The number of nitrogens with zero attached hydrogens (tertiary/aromatic N) is 1. The summed E-state index contributed by atoms with van der Waals surface area (Å²) in [7, 11) is 0. The Morgan fingerprint density at radius 1 is 1.00 bits per heavy atom. The Labute approximate surface area is 102 Å². The molecule has 0 aliphatic heterocycles. The topological polar surface area (TPSA) is 38.4 Å². The molecule has 0 unspecified atom stereocenters. The van der Waals surface area contributed by atoms with Crippen LogP contribution < -0.4 is 5.73 Å². The van der Waals surface area contributed by atoms with Gasteiger partial charge in [-0.15, -0.1) is 0 Å². The number of rotatable bonds is 2. The van der Waals surface area contributed by atoms with Crippen molar-refractivity contribution in [3.63, 3.8) is 0 Å². The lowest BCUT2D eigenvalue weighted by atomic mass is 10.1. The number of nitrogen functional groups attached to an aromatic ring is 1. The number of hydrogen-bond acceptors (Lipinski definition) is 2. The first-order valence-electron chi connectivity index (χ1n) is 5.62. The van der Waals surface area contributed by atoms with E-state index in [-0.39, 0.29) is 0 Å². The monoisotopic (exact) mass is 224 g/mol. The Balaban J connectivity index is 2.29.